The van der Waals surface area contributed by atoms with Gasteiger partial charge < -0.3 is 10.1 Å². The molecule has 0 unspecified atom stereocenters. The van der Waals surface area contributed by atoms with Crippen LogP contribution in [0.5, 0.6) is 5.75 Å². The van der Waals surface area contributed by atoms with Crippen molar-refractivity contribution in [3.8, 4) is 5.75 Å². The fourth-order valence-electron chi connectivity index (χ4n) is 3.20. The van der Waals surface area contributed by atoms with Crippen molar-refractivity contribution in [2.24, 2.45) is 0 Å². The molecule has 1 saturated heterocycles. The molecule has 0 atom stereocenters. The monoisotopic (exact) mass is 548 g/mol. The van der Waals surface area contributed by atoms with Crippen LogP contribution in [0, 0.1) is 5.82 Å². The van der Waals surface area contributed by atoms with Crippen molar-refractivity contribution in [3.05, 3.63) is 103 Å². The number of halogens is 4. The van der Waals surface area contributed by atoms with Crippen LogP contribution in [0.2, 0.25) is 10.0 Å². The van der Waals surface area contributed by atoms with E-state index >= 15 is 0 Å². The standard InChI is InChI=1S/C24H16BrCl2FN2O3/c25-17-4-8-22(33-13-15-3-7-19(26)20(27)9-15)16(10-17)11-21-23(31)30(24(32)29-21)12-14-1-5-18(28)6-2-14/h1-11H,12-13H2,(H,29,32)/b21-11+. The largest absolute Gasteiger partial charge is 0.488 e. The minimum Gasteiger partial charge on any atom is -0.488 e. The van der Waals surface area contributed by atoms with Gasteiger partial charge in [-0.25, -0.2) is 9.18 Å². The lowest BCUT2D eigenvalue weighted by molar-refractivity contribution is -0.123. The van der Waals surface area contributed by atoms with Crippen molar-refractivity contribution in [3.63, 3.8) is 0 Å². The first kappa shape index (κ1) is 23.3. The van der Waals surface area contributed by atoms with Crippen LogP contribution in [0.25, 0.3) is 6.08 Å². The fourth-order valence-corrected chi connectivity index (χ4v) is 3.90. The van der Waals surface area contributed by atoms with Crippen molar-refractivity contribution in [2.45, 2.75) is 13.2 Å². The summed E-state index contributed by atoms with van der Waals surface area (Å²) in [5, 5.41) is 3.47. The van der Waals surface area contributed by atoms with E-state index in [1.165, 1.54) is 24.3 Å². The molecule has 33 heavy (non-hydrogen) atoms. The third-order valence-corrected chi connectivity index (χ3v) is 6.10. The van der Waals surface area contributed by atoms with E-state index in [-0.39, 0.29) is 24.7 Å². The smallest absolute Gasteiger partial charge is 0.329 e. The highest BCUT2D eigenvalue weighted by Crippen LogP contribution is 2.29. The van der Waals surface area contributed by atoms with Crippen molar-refractivity contribution in [2.75, 3.05) is 0 Å². The first-order valence-electron chi connectivity index (χ1n) is 9.75. The molecule has 9 heteroatoms. The Morgan fingerprint density at radius 2 is 1.70 bits per heavy atom. The summed E-state index contributed by atoms with van der Waals surface area (Å²) in [6, 6.07) is 15.6. The molecule has 3 aromatic rings. The average molecular weight is 550 g/mol. The molecule has 0 aliphatic carbocycles. The van der Waals surface area contributed by atoms with Gasteiger partial charge in [0.05, 0.1) is 16.6 Å². The summed E-state index contributed by atoms with van der Waals surface area (Å²) in [5.74, 6) is -0.366. The van der Waals surface area contributed by atoms with Gasteiger partial charge in [0.15, 0.2) is 0 Å². The van der Waals surface area contributed by atoms with E-state index in [0.717, 1.165) is 14.9 Å². The maximum absolute atomic E-state index is 13.1. The molecule has 0 aromatic heterocycles. The lowest BCUT2D eigenvalue weighted by Gasteiger charge is -2.12. The zero-order chi connectivity index (χ0) is 23.5. The highest BCUT2D eigenvalue weighted by molar-refractivity contribution is 9.10. The Bertz CT molecular complexity index is 1270. The average Bonchev–Trinajstić information content (AvgIpc) is 3.04. The molecule has 3 amide bonds. The summed E-state index contributed by atoms with van der Waals surface area (Å²) in [6.45, 7) is 0.257. The Labute approximate surface area is 207 Å². The Morgan fingerprint density at radius 3 is 2.42 bits per heavy atom. The Hall–Kier alpha value is -2.87. The normalized spacial score (nSPS) is 14.7. The summed E-state index contributed by atoms with van der Waals surface area (Å²) < 4.78 is 19.9. The van der Waals surface area contributed by atoms with Gasteiger partial charge in [0.1, 0.15) is 23.9 Å². The summed E-state index contributed by atoms with van der Waals surface area (Å²) in [5.41, 5.74) is 2.16. The molecule has 0 bridgehead atoms. The van der Waals surface area contributed by atoms with E-state index in [1.807, 2.05) is 6.07 Å². The molecule has 3 aromatic carbocycles. The van der Waals surface area contributed by atoms with Crippen LogP contribution in [0.3, 0.4) is 0 Å². The second-order valence-corrected chi connectivity index (χ2v) is 8.96. The molecule has 1 heterocycles. The van der Waals surface area contributed by atoms with Crippen molar-refractivity contribution >= 4 is 57.1 Å². The molecule has 5 nitrogen and oxygen atoms in total. The van der Waals surface area contributed by atoms with Gasteiger partial charge in [-0.15, -0.1) is 0 Å². The lowest BCUT2D eigenvalue weighted by Crippen LogP contribution is -2.30. The number of hydrogen-bond donors (Lipinski definition) is 1. The first-order valence-corrected chi connectivity index (χ1v) is 11.3. The van der Waals surface area contributed by atoms with Gasteiger partial charge in [-0.05, 0) is 59.7 Å². The summed E-state index contributed by atoms with van der Waals surface area (Å²) >= 11 is 15.4. The number of carbonyl (C=O) groups is 2. The predicted molar refractivity (Wildman–Crippen MR) is 128 cm³/mol. The Kier molecular flexibility index (Phi) is 7.02. The van der Waals surface area contributed by atoms with Gasteiger partial charge in [-0.2, -0.15) is 0 Å². The number of hydrogen-bond acceptors (Lipinski definition) is 3. The molecule has 0 radical (unpaired) electrons. The van der Waals surface area contributed by atoms with Gasteiger partial charge in [0, 0.05) is 10.0 Å². The number of imide groups is 1. The maximum atomic E-state index is 13.1. The number of nitrogens with zero attached hydrogens (tertiary/aromatic N) is 1. The van der Waals surface area contributed by atoms with E-state index in [1.54, 1.807) is 36.4 Å². The Morgan fingerprint density at radius 1 is 0.970 bits per heavy atom. The quantitative estimate of drug-likeness (QED) is 0.279. The van der Waals surface area contributed by atoms with Crippen molar-refractivity contribution in [1.29, 1.82) is 0 Å². The topological polar surface area (TPSA) is 58.6 Å². The van der Waals surface area contributed by atoms with Crippen molar-refractivity contribution in [1.82, 2.24) is 10.2 Å². The van der Waals surface area contributed by atoms with E-state index in [2.05, 4.69) is 21.2 Å². The number of ether oxygens (including phenoxy) is 1. The van der Waals surface area contributed by atoms with Crippen LogP contribution in [-0.2, 0) is 17.9 Å². The van der Waals surface area contributed by atoms with Crippen LogP contribution in [0.15, 0.2) is 70.8 Å². The minimum absolute atomic E-state index is 0.0292. The number of urea groups is 1. The van der Waals surface area contributed by atoms with Gasteiger partial charge in [0.2, 0.25) is 0 Å². The van der Waals surface area contributed by atoms with Crippen molar-refractivity contribution < 1.29 is 18.7 Å². The highest BCUT2D eigenvalue weighted by atomic mass is 79.9. The minimum atomic E-state index is -0.552. The summed E-state index contributed by atoms with van der Waals surface area (Å²) in [6.07, 6.45) is 1.56. The molecule has 1 aliphatic heterocycles. The molecule has 0 saturated carbocycles. The SMILES string of the molecule is O=C1N/C(=C/c2cc(Br)ccc2OCc2ccc(Cl)c(Cl)c2)C(=O)N1Cc1ccc(F)cc1. The molecule has 4 rings (SSSR count). The maximum Gasteiger partial charge on any atom is 0.329 e. The molecule has 168 valence electrons. The van der Waals surface area contributed by atoms with Crippen LogP contribution in [0.4, 0.5) is 9.18 Å². The first-order chi connectivity index (χ1) is 15.8. The third kappa shape index (κ3) is 5.55. The predicted octanol–water partition coefficient (Wildman–Crippen LogP) is 6.57. The number of rotatable bonds is 6. The zero-order valence-electron chi connectivity index (χ0n) is 16.9. The number of amides is 3. The highest BCUT2D eigenvalue weighted by Gasteiger charge is 2.33. The molecule has 1 fully saturated rings. The summed E-state index contributed by atoms with van der Waals surface area (Å²) in [7, 11) is 0. The molecule has 1 aliphatic rings. The lowest BCUT2D eigenvalue weighted by atomic mass is 10.1. The molecular weight excluding hydrogens is 534 g/mol. The number of carbonyl (C=O) groups excluding carboxylic acids is 2. The van der Waals surface area contributed by atoms with E-state index in [9.17, 15) is 14.0 Å². The molecular formula is C24H16BrCl2FN2O3. The second-order valence-electron chi connectivity index (χ2n) is 7.23. The van der Waals surface area contributed by atoms with E-state index in [0.29, 0.717) is 26.9 Å². The molecule has 0 spiro atoms. The van der Waals surface area contributed by atoms with E-state index in [4.69, 9.17) is 27.9 Å². The van der Waals surface area contributed by atoms with Crippen LogP contribution in [0.1, 0.15) is 16.7 Å². The van der Waals surface area contributed by atoms with Gasteiger partial charge in [-0.3, -0.25) is 9.69 Å². The fraction of sp³-hybridized carbons (Fsp3) is 0.0833. The van der Waals surface area contributed by atoms with E-state index < -0.39 is 11.9 Å². The zero-order valence-corrected chi connectivity index (χ0v) is 20.0. The third-order valence-electron chi connectivity index (χ3n) is 4.87. The van der Waals surface area contributed by atoms with Crippen LogP contribution in [-0.4, -0.2) is 16.8 Å². The molecule has 1 N–H and O–H groups in total. The Balaban J connectivity index is 1.54. The van der Waals surface area contributed by atoms with Gasteiger partial charge in [0.25, 0.3) is 5.91 Å². The van der Waals surface area contributed by atoms with Crippen LogP contribution < -0.4 is 10.1 Å². The summed E-state index contributed by atoms with van der Waals surface area (Å²) in [4.78, 5) is 26.3. The number of benzene rings is 3. The second kappa shape index (κ2) is 9.95. The number of nitrogens with one attached hydrogen (secondary N) is 1. The van der Waals surface area contributed by atoms with Gasteiger partial charge >= 0.3 is 6.03 Å². The van der Waals surface area contributed by atoms with Gasteiger partial charge in [-0.1, -0.05) is 57.3 Å². The van der Waals surface area contributed by atoms with Crippen LogP contribution >= 0.6 is 39.1 Å².